The molecule has 336 valence electrons. The molecule has 21 heteroatoms. The number of phenols is 2. The number of hydrogen-bond donors (Lipinski definition) is 9. The summed E-state index contributed by atoms with van der Waals surface area (Å²) in [6.07, 6.45) is -15.5. The summed E-state index contributed by atoms with van der Waals surface area (Å²) in [5, 5.41) is 90.3. The molecule has 0 amide bonds. The van der Waals surface area contributed by atoms with Gasteiger partial charge in [0.25, 0.3) is 0 Å². The molecule has 2 fully saturated rings. The largest absolute Gasteiger partial charge is 0.507 e. The van der Waals surface area contributed by atoms with Gasteiger partial charge in [0.05, 0.1) is 49.4 Å². The van der Waals surface area contributed by atoms with E-state index in [1.807, 2.05) is 0 Å². The predicted octanol–water partition coefficient (Wildman–Crippen LogP) is -2.38. The van der Waals surface area contributed by atoms with Crippen molar-refractivity contribution in [2.75, 3.05) is 41.7 Å². The van der Waals surface area contributed by atoms with Crippen LogP contribution in [0.5, 0.6) is 11.5 Å². The summed E-state index contributed by atoms with van der Waals surface area (Å²) in [4.78, 5) is 71.1. The molecule has 9 N–H and O–H groups in total. The minimum atomic E-state index is -2.76. The van der Waals surface area contributed by atoms with Crippen LogP contribution in [0.3, 0.4) is 0 Å². The first-order valence-corrected chi connectivity index (χ1v) is 19.4. The maximum Gasteiger partial charge on any atom is 0.341 e. The molecular formula is C41H47NO20. The Bertz CT molecular complexity index is 2260. The topological polar surface area (TPSA) is 324 Å². The van der Waals surface area contributed by atoms with Crippen molar-refractivity contribution in [3.63, 3.8) is 0 Å². The molecule has 3 aliphatic carbocycles. The number of carbonyl (C=O) groups excluding carboxylic acids is 5. The second-order valence-corrected chi connectivity index (χ2v) is 15.8. The number of fused-ring (bicyclic) bond motifs is 5. The van der Waals surface area contributed by atoms with E-state index in [1.165, 1.54) is 27.2 Å². The van der Waals surface area contributed by atoms with Crippen LogP contribution in [0.25, 0.3) is 0 Å². The second kappa shape index (κ2) is 16.4. The molecule has 2 aromatic rings. The van der Waals surface area contributed by atoms with Crippen molar-refractivity contribution >= 4 is 29.1 Å². The van der Waals surface area contributed by atoms with Crippen LogP contribution in [0, 0.1) is 6.92 Å². The third kappa shape index (κ3) is 6.18. The number of aryl methyl sites for hydroxylation is 1. The number of aromatic hydroxyl groups is 2. The molecule has 62 heavy (non-hydrogen) atoms. The van der Waals surface area contributed by atoms with Gasteiger partial charge < -0.3 is 79.3 Å². The number of ether oxygens (including phenoxy) is 7. The Hall–Kier alpha value is -4.75. The number of nitrogens with one attached hydrogen (secondary N) is 1. The standard InChI is InChI=1S/C41H47NO20/c1-13-7-15-8-21(46)41(59-6)36(54)24-17(35(53)40(41,12-44)25(15)29(50)22(13)38(55)58-5)9-16-23(28(24)49)19(45)10-18(26(16)47)42-37-34(57-4)33(32(56-3)14(2)60-37)62-39-31(52)30(51)27(48)20(11-43)61-39/h7,9-10,14,20-21,27,30-34,37,39,42-44,46,48-52H,8,11-12H2,1-6H3/t14-,20+,21+,27+,30-,31+,32-,33+,34+,37-,39-,40?,41+/m0/s1. The highest BCUT2D eigenvalue weighted by molar-refractivity contribution is 6.31. The first kappa shape index (κ1) is 45.3. The first-order chi connectivity index (χ1) is 29.4. The summed E-state index contributed by atoms with van der Waals surface area (Å²) >= 11 is 0. The number of Topliss-reactive ketones (excluding diaryl/α,β-unsaturated/α-hetero) is 3. The minimum absolute atomic E-state index is 0.0632. The summed E-state index contributed by atoms with van der Waals surface area (Å²) in [6.45, 7) is 0.961. The normalized spacial score (nSPS) is 35.4. The Morgan fingerprint density at radius 3 is 2.13 bits per heavy atom. The van der Waals surface area contributed by atoms with E-state index in [0.717, 1.165) is 26.4 Å². The lowest BCUT2D eigenvalue weighted by atomic mass is 9.50. The number of allylic oxidation sites excluding steroid dienone is 2. The molecular weight excluding hydrogens is 826 g/mol. The third-order valence-electron chi connectivity index (χ3n) is 12.7. The molecule has 2 heterocycles. The maximum atomic E-state index is 15.1. The molecule has 0 aromatic heterocycles. The second-order valence-electron chi connectivity index (χ2n) is 15.8. The summed E-state index contributed by atoms with van der Waals surface area (Å²) in [6, 6.07) is 2.24. The summed E-state index contributed by atoms with van der Waals surface area (Å²) < 4.78 is 39.5. The number of esters is 1. The highest BCUT2D eigenvalue weighted by atomic mass is 16.7. The first-order valence-electron chi connectivity index (χ1n) is 19.4. The van der Waals surface area contributed by atoms with Crippen LogP contribution in [-0.4, -0.2) is 185 Å². The van der Waals surface area contributed by atoms with Crippen LogP contribution in [0.15, 0.2) is 23.9 Å². The fraction of sp³-hybridized carbons (Fsp3) is 0.537. The molecule has 5 aliphatic rings. The zero-order valence-electron chi connectivity index (χ0n) is 34.2. The maximum absolute atomic E-state index is 15.1. The van der Waals surface area contributed by atoms with E-state index < -0.39 is 178 Å². The number of rotatable bonds is 10. The van der Waals surface area contributed by atoms with E-state index in [2.05, 4.69) is 5.32 Å². The number of hydrogen-bond acceptors (Lipinski definition) is 21. The van der Waals surface area contributed by atoms with E-state index in [1.54, 1.807) is 6.92 Å². The summed E-state index contributed by atoms with van der Waals surface area (Å²) in [5.41, 5.74) is -9.31. The molecule has 0 spiro atoms. The zero-order chi connectivity index (χ0) is 45.5. The molecule has 0 saturated carbocycles. The van der Waals surface area contributed by atoms with E-state index >= 15 is 4.79 Å². The Kier molecular flexibility index (Phi) is 12.0. The number of methoxy groups -OCH3 is 4. The van der Waals surface area contributed by atoms with Gasteiger partial charge in [-0.05, 0) is 31.0 Å². The molecule has 1 unspecified atom stereocenters. The smallest absolute Gasteiger partial charge is 0.341 e. The average Bonchev–Trinajstić information content (AvgIpc) is 3.23. The minimum Gasteiger partial charge on any atom is -0.507 e. The molecule has 2 aliphatic heterocycles. The fourth-order valence-electron chi connectivity index (χ4n) is 9.79. The van der Waals surface area contributed by atoms with Crippen molar-refractivity contribution in [1.29, 1.82) is 0 Å². The molecule has 13 atom stereocenters. The van der Waals surface area contributed by atoms with Gasteiger partial charge in [0.15, 0.2) is 29.7 Å². The summed E-state index contributed by atoms with van der Waals surface area (Å²) in [7, 11) is 4.56. The van der Waals surface area contributed by atoms with Crippen LogP contribution >= 0.6 is 0 Å². The van der Waals surface area contributed by atoms with Crippen molar-refractivity contribution in [2.45, 2.75) is 98.7 Å². The quantitative estimate of drug-likeness (QED) is 0.113. The van der Waals surface area contributed by atoms with Crippen molar-refractivity contribution in [3.05, 3.63) is 68.4 Å². The van der Waals surface area contributed by atoms with Crippen LogP contribution < -0.4 is 5.32 Å². The van der Waals surface area contributed by atoms with Gasteiger partial charge in [-0.1, -0.05) is 6.07 Å². The SMILES string of the molecule is COC(=O)c1c(C)cc2c(c1O)C1(CO)C(=O)c3cc4c(c(O)c3C(=O)[C@]1(OC)[C@H](O)C2)C(=O)C=C(N[C@H]1O[C@@H](C)[C@H](OC)[C@@H](O[C@@H]2O[C@H](CO)[C@@H](O)[C@H](O)[C@H]2O)[C@H]1OC)C4=O. The van der Waals surface area contributed by atoms with E-state index in [4.69, 9.17) is 33.2 Å². The number of phenolic OH excluding ortho intramolecular Hbond substituents is 2. The fourth-order valence-corrected chi connectivity index (χ4v) is 9.79. The monoisotopic (exact) mass is 873 g/mol. The van der Waals surface area contributed by atoms with Crippen LogP contribution in [-0.2, 0) is 45.0 Å². The lowest BCUT2D eigenvalue weighted by Gasteiger charge is -2.55. The molecule has 0 bridgehead atoms. The van der Waals surface area contributed by atoms with Crippen LogP contribution in [0.1, 0.15) is 75.4 Å². The molecule has 2 aromatic carbocycles. The Labute approximate surface area is 352 Å². The number of ketones is 4. The number of aliphatic hydroxyl groups excluding tert-OH is 6. The van der Waals surface area contributed by atoms with Gasteiger partial charge in [-0.2, -0.15) is 0 Å². The number of aliphatic hydroxyl groups is 6. The van der Waals surface area contributed by atoms with Crippen molar-refractivity contribution < 1.29 is 98.0 Å². The van der Waals surface area contributed by atoms with Crippen LogP contribution in [0.4, 0.5) is 0 Å². The van der Waals surface area contributed by atoms with Gasteiger partial charge >= 0.3 is 5.97 Å². The van der Waals surface area contributed by atoms with Gasteiger partial charge in [-0.25, -0.2) is 4.79 Å². The Morgan fingerprint density at radius 1 is 0.855 bits per heavy atom. The van der Waals surface area contributed by atoms with Gasteiger partial charge in [-0.3, -0.25) is 19.2 Å². The van der Waals surface area contributed by atoms with E-state index in [0.29, 0.717) is 0 Å². The van der Waals surface area contributed by atoms with Gasteiger partial charge in [0.2, 0.25) is 11.6 Å². The lowest BCUT2D eigenvalue weighted by molar-refractivity contribution is -0.343. The highest BCUT2D eigenvalue weighted by Crippen LogP contribution is 2.58. The summed E-state index contributed by atoms with van der Waals surface area (Å²) in [5.74, 6) is -7.53. The molecule has 21 nitrogen and oxygen atoms in total. The van der Waals surface area contributed by atoms with E-state index in [9.17, 15) is 60.0 Å². The Balaban J connectivity index is 1.30. The van der Waals surface area contributed by atoms with Crippen molar-refractivity contribution in [1.82, 2.24) is 5.32 Å². The van der Waals surface area contributed by atoms with Gasteiger partial charge in [0.1, 0.15) is 65.2 Å². The van der Waals surface area contributed by atoms with Crippen molar-refractivity contribution in [2.24, 2.45) is 0 Å². The van der Waals surface area contributed by atoms with Gasteiger partial charge in [0, 0.05) is 50.5 Å². The third-order valence-corrected chi connectivity index (χ3v) is 12.7. The van der Waals surface area contributed by atoms with Crippen molar-refractivity contribution in [3.8, 4) is 11.5 Å². The Morgan fingerprint density at radius 2 is 1.53 bits per heavy atom. The van der Waals surface area contributed by atoms with E-state index in [-0.39, 0.29) is 11.1 Å². The number of benzene rings is 2. The average molecular weight is 874 g/mol. The molecule has 2 saturated heterocycles. The lowest BCUT2D eigenvalue weighted by Crippen LogP contribution is -2.74. The molecule has 0 radical (unpaired) electrons. The predicted molar refractivity (Wildman–Crippen MR) is 204 cm³/mol. The number of carbonyl (C=O) groups is 5. The van der Waals surface area contributed by atoms with Crippen LogP contribution in [0.2, 0.25) is 0 Å². The highest BCUT2D eigenvalue weighted by Gasteiger charge is 2.72. The van der Waals surface area contributed by atoms with Gasteiger partial charge in [-0.15, -0.1) is 0 Å². The zero-order valence-corrected chi connectivity index (χ0v) is 34.2. The molecule has 7 rings (SSSR count).